The number of halogens is 3. The lowest BCUT2D eigenvalue weighted by molar-refractivity contribution is -0.137. The average molecular weight is 389 g/mol. The standard InChI is InChI=1S/C19H18F3N5O/c1-26-7-6-15(25-26)11-2-4-13(14(8-11)19(20,21)22)18(28)24-16-9-12-3-5-17(16)27(12)10-23/h2,4,6-8,12,16-17H,3,5,9H2,1H3,(H,24,28)/t12-,16+,17+/m0/s1. The number of carbonyl (C=O) groups excluding carboxylic acids is 1. The number of alkyl halides is 3. The molecule has 1 aromatic heterocycles. The van der Waals surface area contributed by atoms with E-state index in [9.17, 15) is 23.2 Å². The molecule has 0 unspecified atom stereocenters. The number of aryl methyl sites for hydroxylation is 1. The monoisotopic (exact) mass is 389 g/mol. The fourth-order valence-corrected chi connectivity index (χ4v) is 4.25. The zero-order valence-electron chi connectivity index (χ0n) is 15.1. The van der Waals surface area contributed by atoms with Crippen LogP contribution >= 0.6 is 0 Å². The summed E-state index contributed by atoms with van der Waals surface area (Å²) in [7, 11) is 1.68. The van der Waals surface area contributed by atoms with Gasteiger partial charge in [0, 0.05) is 24.8 Å². The summed E-state index contributed by atoms with van der Waals surface area (Å²) in [6.45, 7) is 0. The van der Waals surface area contributed by atoms with Crippen molar-refractivity contribution in [2.75, 3.05) is 0 Å². The molecular formula is C19H18F3N5O. The van der Waals surface area contributed by atoms with Crippen LogP contribution in [-0.4, -0.2) is 38.7 Å². The van der Waals surface area contributed by atoms with Gasteiger partial charge in [-0.3, -0.25) is 9.48 Å². The van der Waals surface area contributed by atoms with Gasteiger partial charge in [0.25, 0.3) is 5.91 Å². The Labute approximate surface area is 159 Å². The molecule has 2 aromatic rings. The Morgan fingerprint density at radius 2 is 2.11 bits per heavy atom. The first-order chi connectivity index (χ1) is 13.3. The molecule has 1 N–H and O–H groups in total. The second-order valence-corrected chi connectivity index (χ2v) is 7.25. The van der Waals surface area contributed by atoms with Crippen molar-refractivity contribution in [3.8, 4) is 17.5 Å². The van der Waals surface area contributed by atoms with Crippen molar-refractivity contribution in [1.82, 2.24) is 20.0 Å². The molecule has 1 aromatic carbocycles. The van der Waals surface area contributed by atoms with Gasteiger partial charge in [0.2, 0.25) is 0 Å². The van der Waals surface area contributed by atoms with Crippen molar-refractivity contribution in [2.45, 2.75) is 43.6 Å². The summed E-state index contributed by atoms with van der Waals surface area (Å²) in [6, 6.07) is 4.84. The summed E-state index contributed by atoms with van der Waals surface area (Å²) >= 11 is 0. The van der Waals surface area contributed by atoms with Crippen LogP contribution in [-0.2, 0) is 13.2 Å². The minimum atomic E-state index is -4.68. The van der Waals surface area contributed by atoms with Crippen molar-refractivity contribution < 1.29 is 18.0 Å². The highest BCUT2D eigenvalue weighted by molar-refractivity contribution is 5.96. The first kappa shape index (κ1) is 18.3. The smallest absolute Gasteiger partial charge is 0.347 e. The zero-order chi connectivity index (χ0) is 20.1. The van der Waals surface area contributed by atoms with Gasteiger partial charge in [-0.05, 0) is 37.5 Å². The van der Waals surface area contributed by atoms with E-state index >= 15 is 0 Å². The van der Waals surface area contributed by atoms with E-state index in [1.165, 1.54) is 16.8 Å². The largest absolute Gasteiger partial charge is 0.417 e. The number of amides is 1. The molecule has 3 heterocycles. The van der Waals surface area contributed by atoms with Crippen molar-refractivity contribution >= 4 is 5.91 Å². The fraction of sp³-hybridized carbons (Fsp3) is 0.421. The second-order valence-electron chi connectivity index (χ2n) is 7.25. The Kier molecular flexibility index (Phi) is 4.29. The molecule has 2 aliphatic heterocycles. The molecule has 3 atom stereocenters. The van der Waals surface area contributed by atoms with E-state index in [0.29, 0.717) is 17.7 Å². The van der Waals surface area contributed by atoms with Crippen molar-refractivity contribution in [1.29, 1.82) is 5.26 Å². The molecule has 0 aliphatic carbocycles. The number of carbonyl (C=O) groups is 1. The minimum Gasteiger partial charge on any atom is -0.347 e. The van der Waals surface area contributed by atoms with Gasteiger partial charge >= 0.3 is 6.18 Å². The summed E-state index contributed by atoms with van der Waals surface area (Å²) in [5.74, 6) is -0.768. The number of rotatable bonds is 3. The molecule has 6 nitrogen and oxygen atoms in total. The van der Waals surface area contributed by atoms with Gasteiger partial charge in [-0.25, -0.2) is 0 Å². The molecule has 2 aliphatic rings. The molecule has 0 radical (unpaired) electrons. The SMILES string of the molecule is Cn1ccc(-c2ccc(C(=O)N[C@@H]3C[C@@H]4CC[C@H]3N4C#N)c(C(F)(F)F)c2)n1. The number of nitrogens with zero attached hydrogens (tertiary/aromatic N) is 4. The molecule has 2 saturated heterocycles. The maximum absolute atomic E-state index is 13.6. The van der Waals surface area contributed by atoms with Gasteiger partial charge in [-0.1, -0.05) is 6.07 Å². The molecule has 146 valence electrons. The third-order valence-electron chi connectivity index (χ3n) is 5.55. The van der Waals surface area contributed by atoms with Crippen LogP contribution in [0.1, 0.15) is 35.2 Å². The van der Waals surface area contributed by atoms with Crippen LogP contribution in [0, 0.1) is 11.5 Å². The van der Waals surface area contributed by atoms with E-state index in [4.69, 9.17) is 0 Å². The molecule has 0 spiro atoms. The Morgan fingerprint density at radius 1 is 1.32 bits per heavy atom. The highest BCUT2D eigenvalue weighted by Gasteiger charge is 2.47. The average Bonchev–Trinajstić information content (AvgIpc) is 3.34. The number of hydrogen-bond donors (Lipinski definition) is 1. The highest BCUT2D eigenvalue weighted by Crippen LogP contribution is 2.38. The van der Waals surface area contributed by atoms with Crippen molar-refractivity contribution in [2.24, 2.45) is 7.05 Å². The van der Waals surface area contributed by atoms with Crippen LogP contribution in [0.25, 0.3) is 11.3 Å². The zero-order valence-corrected chi connectivity index (χ0v) is 15.1. The predicted molar refractivity (Wildman–Crippen MR) is 93.8 cm³/mol. The van der Waals surface area contributed by atoms with Gasteiger partial charge in [0.15, 0.2) is 6.19 Å². The van der Waals surface area contributed by atoms with Gasteiger partial charge in [0.05, 0.1) is 28.9 Å². The summed E-state index contributed by atoms with van der Waals surface area (Å²) < 4.78 is 42.4. The number of aromatic nitrogens is 2. The van der Waals surface area contributed by atoms with Crippen LogP contribution in [0.5, 0.6) is 0 Å². The first-order valence-electron chi connectivity index (χ1n) is 8.98. The van der Waals surface area contributed by atoms with Gasteiger partial charge in [0.1, 0.15) is 0 Å². The molecule has 2 fully saturated rings. The number of fused-ring (bicyclic) bond motifs is 2. The normalized spacial score (nSPS) is 23.7. The van der Waals surface area contributed by atoms with Gasteiger partial charge in [-0.15, -0.1) is 0 Å². The van der Waals surface area contributed by atoms with Gasteiger partial charge < -0.3 is 10.2 Å². The van der Waals surface area contributed by atoms with Crippen LogP contribution < -0.4 is 5.32 Å². The van der Waals surface area contributed by atoms with E-state index < -0.39 is 23.2 Å². The minimum absolute atomic E-state index is 0.0638. The Hall–Kier alpha value is -3.02. The Balaban J connectivity index is 1.62. The Morgan fingerprint density at radius 3 is 2.71 bits per heavy atom. The summed E-state index contributed by atoms with van der Waals surface area (Å²) in [4.78, 5) is 14.3. The van der Waals surface area contributed by atoms with Crippen molar-refractivity contribution in [3.05, 3.63) is 41.6 Å². The number of hydrogen-bond acceptors (Lipinski definition) is 4. The number of benzene rings is 1. The third-order valence-corrected chi connectivity index (χ3v) is 5.55. The van der Waals surface area contributed by atoms with E-state index in [1.807, 2.05) is 0 Å². The number of nitrogens with one attached hydrogen (secondary N) is 1. The lowest BCUT2D eigenvalue weighted by Gasteiger charge is -2.23. The van der Waals surface area contributed by atoms with Crippen molar-refractivity contribution in [3.63, 3.8) is 0 Å². The molecule has 1 amide bonds. The molecule has 28 heavy (non-hydrogen) atoms. The van der Waals surface area contributed by atoms with Crippen LogP contribution in [0.2, 0.25) is 0 Å². The van der Waals surface area contributed by atoms with E-state index in [2.05, 4.69) is 16.6 Å². The summed E-state index contributed by atoms with van der Waals surface area (Å²) in [5, 5.41) is 16.0. The van der Waals surface area contributed by atoms with E-state index in [0.717, 1.165) is 18.9 Å². The Bertz CT molecular complexity index is 961. The molecule has 9 heteroatoms. The van der Waals surface area contributed by atoms with Gasteiger partial charge in [-0.2, -0.15) is 23.5 Å². The summed E-state index contributed by atoms with van der Waals surface area (Å²) in [5.41, 5.74) is -0.718. The predicted octanol–water partition coefficient (Wildman–Crippen LogP) is 2.92. The fourth-order valence-electron chi connectivity index (χ4n) is 4.25. The lowest BCUT2D eigenvalue weighted by Crippen LogP contribution is -2.43. The quantitative estimate of drug-likeness (QED) is 0.820. The van der Waals surface area contributed by atoms with Crippen LogP contribution in [0.3, 0.4) is 0 Å². The van der Waals surface area contributed by atoms with Crippen LogP contribution in [0.4, 0.5) is 13.2 Å². The maximum atomic E-state index is 13.6. The highest BCUT2D eigenvalue weighted by atomic mass is 19.4. The third kappa shape index (κ3) is 3.09. The van der Waals surface area contributed by atoms with Crippen LogP contribution in [0.15, 0.2) is 30.5 Å². The molecule has 2 bridgehead atoms. The second kappa shape index (κ2) is 6.55. The van der Waals surface area contributed by atoms with E-state index in [-0.39, 0.29) is 18.1 Å². The molecule has 4 rings (SSSR count). The number of nitriles is 1. The maximum Gasteiger partial charge on any atom is 0.417 e. The molecule has 0 saturated carbocycles. The summed E-state index contributed by atoms with van der Waals surface area (Å²) in [6.07, 6.45) is 1.30. The molecular weight excluding hydrogens is 371 g/mol. The lowest BCUT2D eigenvalue weighted by atomic mass is 9.94. The van der Waals surface area contributed by atoms with E-state index in [1.54, 1.807) is 24.2 Å². The topological polar surface area (TPSA) is 74.0 Å². The first-order valence-corrected chi connectivity index (χ1v) is 8.98.